The molecule has 18 heavy (non-hydrogen) atoms. The van der Waals surface area contributed by atoms with Crippen LogP contribution in [-0.4, -0.2) is 22.3 Å². The summed E-state index contributed by atoms with van der Waals surface area (Å²) in [6.45, 7) is 3.38. The third kappa shape index (κ3) is 2.37. The van der Waals surface area contributed by atoms with Crippen molar-refractivity contribution in [1.29, 1.82) is 0 Å². The average Bonchev–Trinajstić information content (AvgIpc) is 2.53. The first-order chi connectivity index (χ1) is 8.42. The van der Waals surface area contributed by atoms with E-state index in [4.69, 9.17) is 10.2 Å². The highest BCUT2D eigenvalue weighted by atomic mass is 16.4. The topological polar surface area (TPSA) is 98.2 Å². The summed E-state index contributed by atoms with van der Waals surface area (Å²) in [7, 11) is 0. The second-order valence-electron chi connectivity index (χ2n) is 4.87. The van der Waals surface area contributed by atoms with Crippen LogP contribution in [0.5, 0.6) is 0 Å². The van der Waals surface area contributed by atoms with Gasteiger partial charge in [0.25, 0.3) is 5.91 Å². The Morgan fingerprint density at radius 2 is 2.11 bits per heavy atom. The molecule has 1 saturated carbocycles. The van der Waals surface area contributed by atoms with E-state index in [0.29, 0.717) is 11.7 Å². The van der Waals surface area contributed by atoms with Gasteiger partial charge in [-0.15, -0.1) is 0 Å². The van der Waals surface area contributed by atoms with Crippen LogP contribution in [0.3, 0.4) is 0 Å². The summed E-state index contributed by atoms with van der Waals surface area (Å²) >= 11 is 0. The van der Waals surface area contributed by atoms with Gasteiger partial charge in [-0.05, 0) is 26.2 Å². The van der Waals surface area contributed by atoms with Gasteiger partial charge in [0.05, 0.1) is 0 Å². The molecule has 1 aromatic rings. The molecule has 2 amide bonds. The Kier molecular flexibility index (Phi) is 3.11. The highest BCUT2D eigenvalue weighted by Crippen LogP contribution is 2.35. The number of hydrogen-bond donors (Lipinski definition) is 2. The molecule has 3 N–H and O–H groups in total. The maximum atomic E-state index is 12.1. The lowest BCUT2D eigenvalue weighted by atomic mass is 9.74. The van der Waals surface area contributed by atoms with Crippen molar-refractivity contribution in [1.82, 2.24) is 10.3 Å². The summed E-state index contributed by atoms with van der Waals surface area (Å²) < 4.78 is 5.22. The average molecular weight is 251 g/mol. The lowest BCUT2D eigenvalue weighted by Crippen LogP contribution is -2.55. The van der Waals surface area contributed by atoms with Crippen molar-refractivity contribution in [2.75, 3.05) is 0 Å². The molecule has 6 nitrogen and oxygen atoms in total. The van der Waals surface area contributed by atoms with E-state index in [1.54, 1.807) is 13.8 Å². The van der Waals surface area contributed by atoms with Gasteiger partial charge in [-0.3, -0.25) is 9.59 Å². The molecule has 1 aliphatic rings. The molecular weight excluding hydrogens is 234 g/mol. The molecule has 98 valence electrons. The zero-order valence-corrected chi connectivity index (χ0v) is 10.6. The van der Waals surface area contributed by atoms with E-state index in [2.05, 4.69) is 10.3 Å². The van der Waals surface area contributed by atoms with Gasteiger partial charge in [0.1, 0.15) is 5.76 Å². The Morgan fingerprint density at radius 1 is 1.44 bits per heavy atom. The first-order valence-corrected chi connectivity index (χ1v) is 5.97. The molecule has 6 heteroatoms. The monoisotopic (exact) mass is 251 g/mol. The maximum Gasteiger partial charge on any atom is 0.273 e. The first-order valence-electron chi connectivity index (χ1n) is 5.97. The summed E-state index contributed by atoms with van der Waals surface area (Å²) in [6.07, 6.45) is 2.72. The third-order valence-electron chi connectivity index (χ3n) is 3.32. The Bertz CT molecular complexity index is 489. The van der Waals surface area contributed by atoms with Crippen molar-refractivity contribution in [3.8, 4) is 0 Å². The van der Waals surface area contributed by atoms with E-state index in [-0.39, 0.29) is 18.0 Å². The molecular formula is C12H17N3O3. The van der Waals surface area contributed by atoms with Gasteiger partial charge in [-0.25, -0.2) is 4.98 Å². The molecule has 1 aromatic heterocycles. The molecule has 0 unspecified atom stereocenters. The predicted octanol–water partition coefficient (Wildman–Crippen LogP) is 0.819. The minimum absolute atomic E-state index is 0.175. The molecule has 0 radical (unpaired) electrons. The van der Waals surface area contributed by atoms with Crippen LogP contribution < -0.4 is 11.1 Å². The molecule has 2 rings (SSSR count). The van der Waals surface area contributed by atoms with Crippen molar-refractivity contribution in [2.45, 2.75) is 45.1 Å². The fraction of sp³-hybridized carbons (Fsp3) is 0.583. The van der Waals surface area contributed by atoms with Crippen molar-refractivity contribution < 1.29 is 14.0 Å². The van der Waals surface area contributed by atoms with E-state index in [1.165, 1.54) is 0 Å². The van der Waals surface area contributed by atoms with Crippen LogP contribution in [0.4, 0.5) is 0 Å². The van der Waals surface area contributed by atoms with Gasteiger partial charge in [0, 0.05) is 18.9 Å². The van der Waals surface area contributed by atoms with Crippen LogP contribution in [0.2, 0.25) is 0 Å². The standard InChI is InChI=1S/C12H17N3O3/c1-7-10(14-8(2)18-7)11(17)15-12(4-3-5-12)6-9(13)16/h3-6H2,1-2H3,(H2,13,16)(H,15,17). The largest absolute Gasteiger partial charge is 0.445 e. The Hall–Kier alpha value is -1.85. The van der Waals surface area contributed by atoms with E-state index in [0.717, 1.165) is 19.3 Å². The highest BCUT2D eigenvalue weighted by Gasteiger charge is 2.40. The zero-order chi connectivity index (χ0) is 13.3. The van der Waals surface area contributed by atoms with Gasteiger partial charge in [0.2, 0.25) is 5.91 Å². The smallest absolute Gasteiger partial charge is 0.273 e. The number of primary amides is 1. The minimum atomic E-state index is -0.484. The maximum absolute atomic E-state index is 12.1. The van der Waals surface area contributed by atoms with Crippen LogP contribution in [0.1, 0.15) is 47.8 Å². The van der Waals surface area contributed by atoms with E-state index in [1.807, 2.05) is 0 Å². The van der Waals surface area contributed by atoms with Crippen molar-refractivity contribution >= 4 is 11.8 Å². The zero-order valence-electron chi connectivity index (χ0n) is 10.6. The Balaban J connectivity index is 2.11. The fourth-order valence-corrected chi connectivity index (χ4v) is 2.32. The van der Waals surface area contributed by atoms with Gasteiger partial charge in [-0.1, -0.05) is 0 Å². The van der Waals surface area contributed by atoms with Crippen LogP contribution in [0.25, 0.3) is 0 Å². The Labute approximate surface area is 105 Å². The number of carbonyl (C=O) groups excluding carboxylic acids is 2. The highest BCUT2D eigenvalue weighted by molar-refractivity contribution is 5.94. The molecule has 0 aliphatic heterocycles. The van der Waals surface area contributed by atoms with E-state index >= 15 is 0 Å². The van der Waals surface area contributed by atoms with Gasteiger partial charge >= 0.3 is 0 Å². The van der Waals surface area contributed by atoms with Crippen molar-refractivity contribution in [3.05, 3.63) is 17.3 Å². The van der Waals surface area contributed by atoms with Gasteiger partial charge in [0.15, 0.2) is 11.6 Å². The molecule has 0 saturated heterocycles. The second-order valence-corrected chi connectivity index (χ2v) is 4.87. The third-order valence-corrected chi connectivity index (χ3v) is 3.32. The fourth-order valence-electron chi connectivity index (χ4n) is 2.32. The molecule has 0 spiro atoms. The van der Waals surface area contributed by atoms with Gasteiger partial charge in [-0.2, -0.15) is 0 Å². The number of nitrogens with one attached hydrogen (secondary N) is 1. The molecule has 1 heterocycles. The molecule has 0 bridgehead atoms. The van der Waals surface area contributed by atoms with Crippen LogP contribution in [-0.2, 0) is 4.79 Å². The summed E-state index contributed by atoms with van der Waals surface area (Å²) in [6, 6.07) is 0. The lowest BCUT2D eigenvalue weighted by Gasteiger charge is -2.41. The summed E-state index contributed by atoms with van der Waals surface area (Å²) in [5, 5.41) is 2.87. The van der Waals surface area contributed by atoms with E-state index < -0.39 is 11.4 Å². The number of carbonyl (C=O) groups is 2. The molecule has 1 fully saturated rings. The van der Waals surface area contributed by atoms with Crippen LogP contribution in [0, 0.1) is 13.8 Å². The molecule has 1 aliphatic carbocycles. The minimum Gasteiger partial charge on any atom is -0.445 e. The predicted molar refractivity (Wildman–Crippen MR) is 63.8 cm³/mol. The summed E-state index contributed by atoms with van der Waals surface area (Å²) in [5.41, 5.74) is 5.01. The van der Waals surface area contributed by atoms with Gasteiger partial charge < -0.3 is 15.5 Å². The number of nitrogens with zero attached hydrogens (tertiary/aromatic N) is 1. The SMILES string of the molecule is Cc1nc(C(=O)NC2(CC(N)=O)CCC2)c(C)o1. The number of aromatic nitrogens is 1. The number of oxazole rings is 1. The first kappa shape index (κ1) is 12.6. The van der Waals surface area contributed by atoms with Crippen molar-refractivity contribution in [3.63, 3.8) is 0 Å². The normalized spacial score (nSPS) is 17.0. The lowest BCUT2D eigenvalue weighted by molar-refractivity contribution is -0.120. The number of nitrogens with two attached hydrogens (primary N) is 1. The molecule has 0 atom stereocenters. The van der Waals surface area contributed by atoms with Crippen LogP contribution in [0.15, 0.2) is 4.42 Å². The Morgan fingerprint density at radius 3 is 2.50 bits per heavy atom. The number of aryl methyl sites for hydroxylation is 2. The molecule has 0 aromatic carbocycles. The number of hydrogen-bond acceptors (Lipinski definition) is 4. The van der Waals surface area contributed by atoms with E-state index in [9.17, 15) is 9.59 Å². The summed E-state index contributed by atoms with van der Waals surface area (Å²) in [4.78, 5) is 27.2. The van der Waals surface area contributed by atoms with Crippen molar-refractivity contribution in [2.24, 2.45) is 5.73 Å². The number of amides is 2. The van der Waals surface area contributed by atoms with Crippen LogP contribution >= 0.6 is 0 Å². The quantitative estimate of drug-likeness (QED) is 0.827. The summed E-state index contributed by atoms with van der Waals surface area (Å²) in [5.74, 6) is 0.238. The number of rotatable bonds is 4. The second kappa shape index (κ2) is 4.44.